The van der Waals surface area contributed by atoms with Crippen molar-refractivity contribution < 1.29 is 4.79 Å². The fourth-order valence-corrected chi connectivity index (χ4v) is 1.95. The van der Waals surface area contributed by atoms with Gasteiger partial charge in [-0.2, -0.15) is 0 Å². The number of aryl methyl sites for hydroxylation is 1. The Morgan fingerprint density at radius 2 is 2.20 bits per heavy atom. The summed E-state index contributed by atoms with van der Waals surface area (Å²) in [5.41, 5.74) is 4.63. The summed E-state index contributed by atoms with van der Waals surface area (Å²) in [6, 6.07) is 8.18. The van der Waals surface area contributed by atoms with Gasteiger partial charge in [0.15, 0.2) is 5.69 Å². The third kappa shape index (κ3) is 3.12. The summed E-state index contributed by atoms with van der Waals surface area (Å²) in [5.74, 6) is 4.60. The number of benzene rings is 1. The van der Waals surface area contributed by atoms with Crippen molar-refractivity contribution in [1.82, 2.24) is 20.4 Å². The van der Waals surface area contributed by atoms with Crippen molar-refractivity contribution in [2.45, 2.75) is 13.5 Å². The third-order valence-electron chi connectivity index (χ3n) is 3.09. The summed E-state index contributed by atoms with van der Waals surface area (Å²) >= 11 is 0. The van der Waals surface area contributed by atoms with Gasteiger partial charge in [0.25, 0.3) is 5.91 Å². The fraction of sp³-hybridized carbons (Fsp3) is 0.308. The van der Waals surface area contributed by atoms with Crippen molar-refractivity contribution in [3.63, 3.8) is 0 Å². The first-order valence-electron chi connectivity index (χ1n) is 6.29. The molecule has 106 valence electrons. The Labute approximate surface area is 117 Å². The molecule has 0 bridgehead atoms. The number of nitrogens with zero attached hydrogens (tertiary/aromatic N) is 4. The highest BCUT2D eigenvalue weighted by Gasteiger charge is 2.09. The van der Waals surface area contributed by atoms with Crippen LogP contribution in [-0.2, 0) is 6.54 Å². The Bertz CT molecular complexity index is 594. The standard InChI is InChI=1S/C13H18N6O/c1-10-5-3-4-6-12(10)18(2)7-8-19-9-11(16-17-19)13(20)15-14/h3-6,9H,7-8,14H2,1-2H3,(H,15,20). The number of nitrogen functional groups attached to an aromatic ring is 1. The summed E-state index contributed by atoms with van der Waals surface area (Å²) in [4.78, 5) is 13.4. The number of aromatic nitrogens is 3. The van der Waals surface area contributed by atoms with Crippen molar-refractivity contribution in [3.05, 3.63) is 41.7 Å². The molecular weight excluding hydrogens is 256 g/mol. The van der Waals surface area contributed by atoms with Crippen LogP contribution in [0.4, 0.5) is 5.69 Å². The number of anilines is 1. The largest absolute Gasteiger partial charge is 0.373 e. The summed E-state index contributed by atoms with van der Waals surface area (Å²) in [7, 11) is 2.02. The Hall–Kier alpha value is -2.41. The highest BCUT2D eigenvalue weighted by atomic mass is 16.2. The zero-order valence-corrected chi connectivity index (χ0v) is 11.6. The number of para-hydroxylation sites is 1. The van der Waals surface area contributed by atoms with Crippen LogP contribution >= 0.6 is 0 Å². The molecule has 2 aromatic rings. The number of hydrogen-bond acceptors (Lipinski definition) is 5. The number of carbonyl (C=O) groups excluding carboxylic acids is 1. The van der Waals surface area contributed by atoms with E-state index in [0.717, 1.165) is 6.54 Å². The molecule has 1 aromatic carbocycles. The van der Waals surface area contributed by atoms with Gasteiger partial charge in [-0.3, -0.25) is 10.2 Å². The normalized spacial score (nSPS) is 10.3. The van der Waals surface area contributed by atoms with E-state index < -0.39 is 5.91 Å². The van der Waals surface area contributed by atoms with Gasteiger partial charge in [0.1, 0.15) is 0 Å². The second kappa shape index (κ2) is 6.16. The lowest BCUT2D eigenvalue weighted by Crippen LogP contribution is -2.30. The van der Waals surface area contributed by atoms with Crippen molar-refractivity contribution in [2.24, 2.45) is 5.84 Å². The predicted octanol–water partition coefficient (Wildman–Crippen LogP) is 0.326. The van der Waals surface area contributed by atoms with Gasteiger partial charge < -0.3 is 4.90 Å². The Balaban J connectivity index is 1.97. The van der Waals surface area contributed by atoms with Crippen LogP contribution < -0.4 is 16.2 Å². The van der Waals surface area contributed by atoms with Crippen molar-refractivity contribution in [1.29, 1.82) is 0 Å². The van der Waals surface area contributed by atoms with Crippen LogP contribution in [0.25, 0.3) is 0 Å². The van der Waals surface area contributed by atoms with Crippen LogP contribution in [0, 0.1) is 6.92 Å². The number of rotatable bonds is 5. The van der Waals surface area contributed by atoms with E-state index in [4.69, 9.17) is 5.84 Å². The first kappa shape index (κ1) is 14.0. The zero-order valence-electron chi connectivity index (χ0n) is 11.6. The molecule has 1 heterocycles. The lowest BCUT2D eigenvalue weighted by molar-refractivity contribution is 0.0948. The summed E-state index contributed by atoms with van der Waals surface area (Å²) < 4.78 is 1.62. The molecule has 0 atom stereocenters. The van der Waals surface area contributed by atoms with E-state index in [-0.39, 0.29) is 5.69 Å². The minimum Gasteiger partial charge on any atom is -0.373 e. The van der Waals surface area contributed by atoms with E-state index in [2.05, 4.69) is 34.3 Å². The maximum Gasteiger partial charge on any atom is 0.287 e. The monoisotopic (exact) mass is 274 g/mol. The summed E-state index contributed by atoms with van der Waals surface area (Å²) in [6.45, 7) is 3.47. The Kier molecular flexibility index (Phi) is 4.31. The van der Waals surface area contributed by atoms with E-state index in [1.54, 1.807) is 10.9 Å². The van der Waals surface area contributed by atoms with Gasteiger partial charge in [-0.15, -0.1) is 5.10 Å². The third-order valence-corrected chi connectivity index (χ3v) is 3.09. The molecule has 7 heteroatoms. The molecule has 1 amide bonds. The van der Waals surface area contributed by atoms with E-state index in [1.165, 1.54) is 11.3 Å². The van der Waals surface area contributed by atoms with Crippen molar-refractivity contribution in [3.8, 4) is 0 Å². The molecule has 1 aromatic heterocycles. The van der Waals surface area contributed by atoms with Crippen LogP contribution in [0.15, 0.2) is 30.5 Å². The SMILES string of the molecule is Cc1ccccc1N(C)CCn1cc(C(=O)NN)nn1. The topological polar surface area (TPSA) is 89.1 Å². The lowest BCUT2D eigenvalue weighted by Gasteiger charge is -2.21. The minimum absolute atomic E-state index is 0.214. The molecule has 0 spiro atoms. The molecular formula is C13H18N6O. The van der Waals surface area contributed by atoms with E-state index in [1.807, 2.05) is 24.6 Å². The average molecular weight is 274 g/mol. The minimum atomic E-state index is -0.441. The van der Waals surface area contributed by atoms with E-state index in [0.29, 0.717) is 6.54 Å². The van der Waals surface area contributed by atoms with Crippen molar-refractivity contribution >= 4 is 11.6 Å². The van der Waals surface area contributed by atoms with Gasteiger partial charge in [-0.05, 0) is 18.6 Å². The first-order chi connectivity index (χ1) is 9.61. The van der Waals surface area contributed by atoms with Crippen LogP contribution in [-0.4, -0.2) is 34.5 Å². The predicted molar refractivity (Wildman–Crippen MR) is 76.1 cm³/mol. The first-order valence-corrected chi connectivity index (χ1v) is 6.29. The summed E-state index contributed by atoms with van der Waals surface area (Å²) in [6.07, 6.45) is 1.58. The van der Waals surface area contributed by atoms with Crippen molar-refractivity contribution in [2.75, 3.05) is 18.5 Å². The molecule has 0 radical (unpaired) electrons. The molecule has 2 rings (SSSR count). The molecule has 0 aliphatic rings. The summed E-state index contributed by atoms with van der Waals surface area (Å²) in [5, 5.41) is 7.65. The number of hydrogen-bond donors (Lipinski definition) is 2. The lowest BCUT2D eigenvalue weighted by atomic mass is 10.2. The van der Waals surface area contributed by atoms with Gasteiger partial charge >= 0.3 is 0 Å². The molecule has 0 unspecified atom stereocenters. The number of carbonyl (C=O) groups is 1. The molecule has 0 fully saturated rings. The van der Waals surface area contributed by atoms with E-state index >= 15 is 0 Å². The smallest absolute Gasteiger partial charge is 0.287 e. The number of amides is 1. The molecule has 3 N–H and O–H groups in total. The van der Waals surface area contributed by atoms with Gasteiger partial charge in [0, 0.05) is 19.3 Å². The quantitative estimate of drug-likeness (QED) is 0.466. The average Bonchev–Trinajstić information content (AvgIpc) is 2.93. The Morgan fingerprint density at radius 1 is 1.45 bits per heavy atom. The van der Waals surface area contributed by atoms with Crippen LogP contribution in [0.3, 0.4) is 0 Å². The second-order valence-corrected chi connectivity index (χ2v) is 4.55. The van der Waals surface area contributed by atoms with Gasteiger partial charge in [-0.25, -0.2) is 10.5 Å². The fourth-order valence-electron chi connectivity index (χ4n) is 1.95. The van der Waals surface area contributed by atoms with Gasteiger partial charge in [0.05, 0.1) is 12.7 Å². The molecule has 0 saturated heterocycles. The maximum absolute atomic E-state index is 11.3. The number of nitrogens with one attached hydrogen (secondary N) is 1. The van der Waals surface area contributed by atoms with Crippen LogP contribution in [0.2, 0.25) is 0 Å². The highest BCUT2D eigenvalue weighted by Crippen LogP contribution is 2.17. The maximum atomic E-state index is 11.3. The Morgan fingerprint density at radius 3 is 2.90 bits per heavy atom. The molecule has 20 heavy (non-hydrogen) atoms. The second-order valence-electron chi connectivity index (χ2n) is 4.55. The molecule has 0 aliphatic heterocycles. The molecule has 0 saturated carbocycles. The number of hydrazine groups is 1. The highest BCUT2D eigenvalue weighted by molar-refractivity contribution is 5.91. The van der Waals surface area contributed by atoms with Crippen LogP contribution in [0.5, 0.6) is 0 Å². The van der Waals surface area contributed by atoms with Gasteiger partial charge in [0.2, 0.25) is 0 Å². The number of nitrogens with two attached hydrogens (primary N) is 1. The molecule has 0 aliphatic carbocycles. The van der Waals surface area contributed by atoms with E-state index in [9.17, 15) is 4.79 Å². The number of likely N-dealkylation sites (N-methyl/N-ethyl adjacent to an activating group) is 1. The van der Waals surface area contributed by atoms with Crippen LogP contribution in [0.1, 0.15) is 16.1 Å². The van der Waals surface area contributed by atoms with Gasteiger partial charge in [-0.1, -0.05) is 23.4 Å². The zero-order chi connectivity index (χ0) is 14.5. The molecule has 7 nitrogen and oxygen atoms in total.